The molecule has 8 heteroatoms. The summed E-state index contributed by atoms with van der Waals surface area (Å²) in [4.78, 5) is 30.4. The minimum Gasteiger partial charge on any atom is -0.493 e. The van der Waals surface area contributed by atoms with Gasteiger partial charge in [-0.1, -0.05) is 6.07 Å². The summed E-state index contributed by atoms with van der Waals surface area (Å²) in [6.45, 7) is 2.65. The molecule has 3 heterocycles. The number of nitrogens with one attached hydrogen (secondary N) is 1. The minimum atomic E-state index is -0.169. The van der Waals surface area contributed by atoms with Crippen molar-refractivity contribution in [3.05, 3.63) is 64.5 Å². The fourth-order valence-electron chi connectivity index (χ4n) is 3.91. The zero-order valence-electron chi connectivity index (χ0n) is 17.2. The van der Waals surface area contributed by atoms with Gasteiger partial charge in [-0.15, -0.1) is 0 Å². The van der Waals surface area contributed by atoms with E-state index < -0.39 is 0 Å². The second-order valence-corrected chi connectivity index (χ2v) is 7.37. The zero-order valence-corrected chi connectivity index (χ0v) is 17.2. The molecule has 1 fully saturated rings. The van der Waals surface area contributed by atoms with Gasteiger partial charge in [0.1, 0.15) is 5.69 Å². The Hall–Kier alpha value is -3.26. The molecule has 1 aliphatic heterocycles. The standard InChI is InChI=1S/C22H25N5O3/c1-29-19-6-5-15(10-20(19)30-2)13-27-9-3-4-16(14-27)17-11-21(28)26-22(25-17)18-12-23-7-8-24-18/h5-8,10-12,16H,3-4,9,13-14H2,1-2H3,(H,25,26,28). The number of H-pyrrole nitrogens is 1. The van der Waals surface area contributed by atoms with E-state index in [2.05, 4.69) is 25.9 Å². The number of hydrogen-bond donors (Lipinski definition) is 1. The van der Waals surface area contributed by atoms with Crippen LogP contribution >= 0.6 is 0 Å². The van der Waals surface area contributed by atoms with Crippen molar-refractivity contribution >= 4 is 0 Å². The molecule has 1 saturated heterocycles. The third-order valence-electron chi connectivity index (χ3n) is 5.35. The monoisotopic (exact) mass is 407 g/mol. The highest BCUT2D eigenvalue weighted by atomic mass is 16.5. The van der Waals surface area contributed by atoms with E-state index in [0.717, 1.165) is 55.2 Å². The Morgan fingerprint density at radius 1 is 1.17 bits per heavy atom. The molecule has 0 amide bonds. The molecular weight excluding hydrogens is 382 g/mol. The summed E-state index contributed by atoms with van der Waals surface area (Å²) in [7, 11) is 3.28. The molecule has 1 aliphatic rings. The van der Waals surface area contributed by atoms with Crippen molar-refractivity contribution in [2.75, 3.05) is 27.3 Å². The van der Waals surface area contributed by atoms with Gasteiger partial charge in [0, 0.05) is 37.5 Å². The smallest absolute Gasteiger partial charge is 0.251 e. The lowest BCUT2D eigenvalue weighted by Crippen LogP contribution is -2.34. The van der Waals surface area contributed by atoms with E-state index in [1.165, 1.54) is 0 Å². The first-order valence-electron chi connectivity index (χ1n) is 9.97. The van der Waals surface area contributed by atoms with Crippen molar-refractivity contribution in [2.45, 2.75) is 25.3 Å². The number of methoxy groups -OCH3 is 2. The first-order chi connectivity index (χ1) is 14.7. The summed E-state index contributed by atoms with van der Waals surface area (Å²) in [6.07, 6.45) is 6.84. The van der Waals surface area contributed by atoms with Crippen LogP contribution in [0.4, 0.5) is 0 Å². The van der Waals surface area contributed by atoms with Gasteiger partial charge in [0.05, 0.1) is 26.1 Å². The molecule has 0 aliphatic carbocycles. The third kappa shape index (κ3) is 4.49. The van der Waals surface area contributed by atoms with Crippen LogP contribution in [0.5, 0.6) is 11.5 Å². The van der Waals surface area contributed by atoms with Crippen molar-refractivity contribution in [3.8, 4) is 23.0 Å². The fraction of sp³-hybridized carbons (Fsp3) is 0.364. The maximum Gasteiger partial charge on any atom is 0.251 e. The highest BCUT2D eigenvalue weighted by molar-refractivity contribution is 5.46. The van der Waals surface area contributed by atoms with Crippen LogP contribution in [0.1, 0.15) is 30.0 Å². The van der Waals surface area contributed by atoms with Gasteiger partial charge in [0.2, 0.25) is 0 Å². The Morgan fingerprint density at radius 2 is 2.03 bits per heavy atom. The third-order valence-corrected chi connectivity index (χ3v) is 5.35. The second-order valence-electron chi connectivity index (χ2n) is 7.37. The van der Waals surface area contributed by atoms with Gasteiger partial charge in [-0.25, -0.2) is 9.97 Å². The van der Waals surface area contributed by atoms with Crippen molar-refractivity contribution in [2.24, 2.45) is 0 Å². The SMILES string of the molecule is COc1ccc(CN2CCCC(c3cc(=O)[nH]c(-c4cnccn4)n3)C2)cc1OC. The molecule has 0 spiro atoms. The normalized spacial score (nSPS) is 16.9. The van der Waals surface area contributed by atoms with E-state index in [1.807, 2.05) is 12.1 Å². The fourth-order valence-corrected chi connectivity index (χ4v) is 3.91. The number of piperidine rings is 1. The van der Waals surface area contributed by atoms with Crippen LogP contribution in [0.2, 0.25) is 0 Å². The van der Waals surface area contributed by atoms with Gasteiger partial charge >= 0.3 is 0 Å². The Labute approximate surface area is 174 Å². The van der Waals surface area contributed by atoms with E-state index >= 15 is 0 Å². The Bertz CT molecular complexity index is 1050. The Balaban J connectivity index is 1.52. The Kier molecular flexibility index (Phi) is 6.04. The van der Waals surface area contributed by atoms with Gasteiger partial charge in [0.15, 0.2) is 17.3 Å². The molecule has 4 rings (SSSR count). The summed E-state index contributed by atoms with van der Waals surface area (Å²) in [5.41, 5.74) is 2.36. The molecule has 156 valence electrons. The number of nitrogens with zero attached hydrogens (tertiary/aromatic N) is 4. The van der Waals surface area contributed by atoms with Crippen molar-refractivity contribution in [1.82, 2.24) is 24.8 Å². The maximum absolute atomic E-state index is 12.2. The molecule has 1 N–H and O–H groups in total. The molecule has 1 unspecified atom stereocenters. The largest absolute Gasteiger partial charge is 0.493 e. The molecule has 0 bridgehead atoms. The summed E-state index contributed by atoms with van der Waals surface area (Å²) < 4.78 is 10.7. The van der Waals surface area contributed by atoms with Crippen molar-refractivity contribution < 1.29 is 9.47 Å². The molecule has 1 aromatic carbocycles. The molecule has 8 nitrogen and oxygen atoms in total. The second kappa shape index (κ2) is 9.04. The van der Waals surface area contributed by atoms with E-state index in [-0.39, 0.29) is 11.5 Å². The summed E-state index contributed by atoms with van der Waals surface area (Å²) in [5, 5.41) is 0. The average Bonchev–Trinajstić information content (AvgIpc) is 2.79. The van der Waals surface area contributed by atoms with E-state index in [0.29, 0.717) is 11.5 Å². The lowest BCUT2D eigenvalue weighted by atomic mass is 9.94. The first-order valence-corrected chi connectivity index (χ1v) is 9.97. The predicted octanol–water partition coefficient (Wildman–Crippen LogP) is 2.62. The molecule has 2 aromatic heterocycles. The number of likely N-dealkylation sites (tertiary alicyclic amines) is 1. The number of aromatic nitrogens is 4. The number of ether oxygens (including phenoxy) is 2. The number of rotatable bonds is 6. The average molecular weight is 407 g/mol. The first kappa shape index (κ1) is 20.0. The maximum atomic E-state index is 12.2. The van der Waals surface area contributed by atoms with E-state index in [9.17, 15) is 4.79 Å². The van der Waals surface area contributed by atoms with Crippen LogP contribution in [-0.4, -0.2) is 52.1 Å². The van der Waals surface area contributed by atoms with Gasteiger partial charge in [-0.2, -0.15) is 0 Å². The molecule has 30 heavy (non-hydrogen) atoms. The zero-order chi connectivity index (χ0) is 20.9. The topological polar surface area (TPSA) is 93.2 Å². The Morgan fingerprint density at radius 3 is 2.80 bits per heavy atom. The van der Waals surface area contributed by atoms with Crippen LogP contribution in [0.3, 0.4) is 0 Å². The van der Waals surface area contributed by atoms with Crippen molar-refractivity contribution in [3.63, 3.8) is 0 Å². The molecule has 0 radical (unpaired) electrons. The molecule has 1 atom stereocenters. The highest BCUT2D eigenvalue weighted by Crippen LogP contribution is 2.30. The van der Waals surface area contributed by atoms with Crippen LogP contribution in [0.15, 0.2) is 47.7 Å². The van der Waals surface area contributed by atoms with E-state index in [1.54, 1.807) is 38.9 Å². The van der Waals surface area contributed by atoms with Gasteiger partial charge in [-0.3, -0.25) is 14.7 Å². The summed E-state index contributed by atoms with van der Waals surface area (Å²) >= 11 is 0. The number of hydrogen-bond acceptors (Lipinski definition) is 7. The van der Waals surface area contributed by atoms with Crippen molar-refractivity contribution in [1.29, 1.82) is 0 Å². The van der Waals surface area contributed by atoms with Crippen LogP contribution in [0, 0.1) is 0 Å². The van der Waals surface area contributed by atoms with Crippen LogP contribution in [0.25, 0.3) is 11.5 Å². The minimum absolute atomic E-state index is 0.169. The lowest BCUT2D eigenvalue weighted by Gasteiger charge is -2.32. The lowest BCUT2D eigenvalue weighted by molar-refractivity contribution is 0.198. The predicted molar refractivity (Wildman–Crippen MR) is 113 cm³/mol. The summed E-state index contributed by atoms with van der Waals surface area (Å²) in [6, 6.07) is 7.61. The number of benzene rings is 1. The quantitative estimate of drug-likeness (QED) is 0.671. The molecule has 3 aromatic rings. The van der Waals surface area contributed by atoms with E-state index in [4.69, 9.17) is 14.5 Å². The number of aromatic amines is 1. The summed E-state index contributed by atoms with van der Waals surface area (Å²) in [5.74, 6) is 2.11. The van der Waals surface area contributed by atoms with Crippen LogP contribution < -0.4 is 15.0 Å². The van der Waals surface area contributed by atoms with Crippen LogP contribution in [-0.2, 0) is 6.54 Å². The van der Waals surface area contributed by atoms with Gasteiger partial charge in [-0.05, 0) is 37.1 Å². The highest BCUT2D eigenvalue weighted by Gasteiger charge is 2.24. The molecule has 0 saturated carbocycles. The van der Waals surface area contributed by atoms with Gasteiger partial charge < -0.3 is 14.5 Å². The van der Waals surface area contributed by atoms with Gasteiger partial charge in [0.25, 0.3) is 5.56 Å². The molecular formula is C22H25N5O3.